The first-order valence-electron chi connectivity index (χ1n) is 10.0. The zero-order valence-corrected chi connectivity index (χ0v) is 19.1. The van der Waals surface area contributed by atoms with E-state index in [1.165, 1.54) is 17.8 Å². The summed E-state index contributed by atoms with van der Waals surface area (Å²) in [5.41, 5.74) is 2.27. The number of nitrogens with zero attached hydrogens (tertiary/aromatic N) is 2. The molecule has 1 aliphatic rings. The fourth-order valence-corrected chi connectivity index (χ4v) is 6.46. The van der Waals surface area contributed by atoms with Gasteiger partial charge in [-0.3, -0.25) is 9.59 Å². The molecule has 0 N–H and O–H groups in total. The summed E-state index contributed by atoms with van der Waals surface area (Å²) in [4.78, 5) is 25.2. The number of carbonyl (C=O) groups is 2. The lowest BCUT2D eigenvalue weighted by molar-refractivity contribution is -0.119. The van der Waals surface area contributed by atoms with Crippen molar-refractivity contribution in [3.63, 3.8) is 0 Å². The van der Waals surface area contributed by atoms with E-state index in [1.54, 1.807) is 19.9 Å². The average Bonchev–Trinajstić information content (AvgIpc) is 3.07. The number of benzene rings is 1. The highest BCUT2D eigenvalue weighted by atomic mass is 32.2. The van der Waals surface area contributed by atoms with Crippen molar-refractivity contribution in [3.05, 3.63) is 40.1 Å². The molecule has 30 heavy (non-hydrogen) atoms. The second kappa shape index (κ2) is 7.65. The molecule has 1 aliphatic heterocycles. The van der Waals surface area contributed by atoms with E-state index in [0.717, 1.165) is 0 Å². The van der Waals surface area contributed by atoms with Crippen molar-refractivity contribution in [2.24, 2.45) is 0 Å². The van der Waals surface area contributed by atoms with Crippen LogP contribution in [-0.2, 0) is 26.6 Å². The van der Waals surface area contributed by atoms with Crippen molar-refractivity contribution in [2.75, 3.05) is 12.4 Å². The highest BCUT2D eigenvalue weighted by Gasteiger charge is 2.39. The lowest BCUT2D eigenvalue weighted by Crippen LogP contribution is -2.33. The smallest absolute Gasteiger partial charge is 0.223 e. The molecule has 162 valence electrons. The predicted molar refractivity (Wildman–Crippen MR) is 113 cm³/mol. The van der Waals surface area contributed by atoms with Crippen LogP contribution in [0.4, 0.5) is 0 Å². The average molecular weight is 433 g/mol. The van der Waals surface area contributed by atoms with Gasteiger partial charge in [0.05, 0.1) is 16.8 Å². The van der Waals surface area contributed by atoms with Crippen LogP contribution in [0.15, 0.2) is 17.2 Å². The highest BCUT2D eigenvalue weighted by molar-refractivity contribution is 7.91. The van der Waals surface area contributed by atoms with Crippen LogP contribution in [0.2, 0.25) is 0 Å². The highest BCUT2D eigenvalue weighted by Crippen LogP contribution is 2.43. The summed E-state index contributed by atoms with van der Waals surface area (Å²) in [6.45, 7) is 11.2. The number of hydrogen-bond acceptors (Lipinski definition) is 6. The minimum absolute atomic E-state index is 0.104. The quantitative estimate of drug-likeness (QED) is 0.651. The van der Waals surface area contributed by atoms with Gasteiger partial charge in [0.1, 0.15) is 12.2 Å². The van der Waals surface area contributed by atoms with Crippen LogP contribution in [0.1, 0.15) is 66.7 Å². The molecule has 0 atom stereocenters. The van der Waals surface area contributed by atoms with Crippen molar-refractivity contribution < 1.29 is 22.7 Å². The fourth-order valence-electron chi connectivity index (χ4n) is 4.18. The first kappa shape index (κ1) is 22.2. The number of ether oxygens (including phenoxy) is 1. The second-order valence-electron chi connectivity index (χ2n) is 8.52. The molecule has 7 nitrogen and oxygen atoms in total. The Morgan fingerprint density at radius 2 is 1.90 bits per heavy atom. The van der Waals surface area contributed by atoms with Crippen LogP contribution in [-0.4, -0.2) is 42.1 Å². The molecule has 3 rings (SSSR count). The minimum Gasteiger partial charge on any atom is -0.469 e. The Kier molecular flexibility index (Phi) is 5.66. The van der Waals surface area contributed by atoms with Crippen molar-refractivity contribution in [1.82, 2.24) is 9.78 Å². The third-order valence-electron chi connectivity index (χ3n) is 5.70. The molecule has 1 aromatic heterocycles. The van der Waals surface area contributed by atoms with Gasteiger partial charge in [-0.25, -0.2) is 13.1 Å². The Morgan fingerprint density at radius 1 is 1.23 bits per heavy atom. The van der Waals surface area contributed by atoms with Crippen LogP contribution in [0.3, 0.4) is 0 Å². The van der Waals surface area contributed by atoms with Gasteiger partial charge in [0.15, 0.2) is 21.4 Å². The lowest BCUT2D eigenvalue weighted by Gasteiger charge is -2.35. The molecule has 0 fully saturated rings. The second-order valence-corrected chi connectivity index (χ2v) is 10.6. The molecule has 0 saturated heterocycles. The van der Waals surface area contributed by atoms with E-state index >= 15 is 0 Å². The molecule has 2 heterocycles. The van der Waals surface area contributed by atoms with Crippen LogP contribution in [0.25, 0.3) is 0 Å². The van der Waals surface area contributed by atoms with E-state index in [0.29, 0.717) is 40.1 Å². The zero-order chi connectivity index (χ0) is 22.4. The van der Waals surface area contributed by atoms with E-state index in [4.69, 9.17) is 4.74 Å². The van der Waals surface area contributed by atoms with Gasteiger partial charge in [-0.2, -0.15) is 5.10 Å². The molecular formula is C22H28N2O5S. The molecule has 2 aromatic rings. The van der Waals surface area contributed by atoms with E-state index in [2.05, 4.69) is 5.10 Å². The number of rotatable bonds is 6. The van der Waals surface area contributed by atoms with Crippen LogP contribution < -0.4 is 4.74 Å². The molecule has 0 amide bonds. The van der Waals surface area contributed by atoms with Gasteiger partial charge in [0.25, 0.3) is 0 Å². The number of hydrogen-bond donors (Lipinski definition) is 0. The van der Waals surface area contributed by atoms with Crippen LogP contribution in [0, 0.1) is 13.8 Å². The number of fused-ring (bicyclic) bond motifs is 1. The Balaban J connectivity index is 2.19. The van der Waals surface area contributed by atoms with E-state index < -0.39 is 9.84 Å². The molecule has 0 bridgehead atoms. The van der Waals surface area contributed by atoms with Gasteiger partial charge in [-0.1, -0.05) is 13.8 Å². The third-order valence-corrected chi connectivity index (χ3v) is 7.59. The zero-order valence-electron chi connectivity index (χ0n) is 18.3. The van der Waals surface area contributed by atoms with E-state index in [1.807, 2.05) is 20.8 Å². The summed E-state index contributed by atoms with van der Waals surface area (Å²) in [5.74, 6) is -0.104. The number of sulfone groups is 1. The summed E-state index contributed by atoms with van der Waals surface area (Å²) in [6.07, 6.45) is 1.94. The summed E-state index contributed by atoms with van der Waals surface area (Å²) in [5, 5.41) is 4.21. The normalized spacial score (nSPS) is 16.7. The Labute approximate surface area is 177 Å². The summed E-state index contributed by atoms with van der Waals surface area (Å²) < 4.78 is 32.7. The van der Waals surface area contributed by atoms with Crippen LogP contribution in [0.5, 0.6) is 5.88 Å². The maximum absolute atomic E-state index is 13.5. The van der Waals surface area contributed by atoms with Gasteiger partial charge in [-0.15, -0.1) is 0 Å². The maximum atomic E-state index is 13.5. The first-order valence-corrected chi connectivity index (χ1v) is 11.7. The predicted octanol–water partition coefficient (Wildman–Crippen LogP) is 3.17. The number of carbonyl (C=O) groups excluding carboxylic acids is 2. The van der Waals surface area contributed by atoms with Crippen molar-refractivity contribution in [2.45, 2.75) is 64.8 Å². The topological polar surface area (TPSA) is 95.3 Å². The van der Waals surface area contributed by atoms with E-state index in [9.17, 15) is 18.0 Å². The van der Waals surface area contributed by atoms with Gasteiger partial charge < -0.3 is 4.74 Å². The summed E-state index contributed by atoms with van der Waals surface area (Å²) in [7, 11) is -3.39. The Bertz CT molecular complexity index is 1140. The number of Topliss-reactive ketones (excluding diaryl/α,β-unsaturated/α-hetero) is 1. The number of aryl methyl sites for hydroxylation is 2. The van der Waals surface area contributed by atoms with E-state index in [-0.39, 0.29) is 40.8 Å². The van der Waals surface area contributed by atoms with Crippen molar-refractivity contribution in [3.8, 4) is 5.88 Å². The Hall–Kier alpha value is -2.48. The largest absolute Gasteiger partial charge is 0.469 e. The fraction of sp³-hybridized carbons (Fsp3) is 0.500. The van der Waals surface area contributed by atoms with Crippen molar-refractivity contribution in [1.29, 1.82) is 0 Å². The Morgan fingerprint density at radius 3 is 2.50 bits per heavy atom. The van der Waals surface area contributed by atoms with Gasteiger partial charge in [0.2, 0.25) is 5.88 Å². The number of aromatic nitrogens is 2. The monoisotopic (exact) mass is 432 g/mol. The summed E-state index contributed by atoms with van der Waals surface area (Å²) >= 11 is 0. The molecule has 8 heteroatoms. The molecule has 0 spiro atoms. The SMILES string of the molecule is CCn1ncc(C(=O)c2cc(C)c3c(c2C)C(C)(C)CCS3(=O)=O)c1OCC(C)=O. The summed E-state index contributed by atoms with van der Waals surface area (Å²) in [6, 6.07) is 1.65. The standard InChI is InChI=1S/C22H28N2O5S/c1-7-24-21(29-12-14(3)25)17(11-23-24)19(26)16-10-13(2)20-18(15(16)4)22(5,6)8-9-30(20,27)28/h10-11H,7-9,12H2,1-6H3. The molecule has 0 radical (unpaired) electrons. The van der Waals surface area contributed by atoms with Crippen molar-refractivity contribution >= 4 is 21.4 Å². The first-order chi connectivity index (χ1) is 13.9. The van der Waals surface area contributed by atoms with Gasteiger partial charge in [0, 0.05) is 12.1 Å². The molecule has 1 aromatic carbocycles. The molecular weight excluding hydrogens is 404 g/mol. The van der Waals surface area contributed by atoms with Crippen LogP contribution >= 0.6 is 0 Å². The third kappa shape index (κ3) is 3.69. The van der Waals surface area contributed by atoms with Gasteiger partial charge in [-0.05, 0) is 62.3 Å². The lowest BCUT2D eigenvalue weighted by atomic mass is 9.77. The minimum atomic E-state index is -3.39. The molecule has 0 aliphatic carbocycles. The molecule has 0 unspecified atom stereocenters. The van der Waals surface area contributed by atoms with Gasteiger partial charge >= 0.3 is 0 Å². The maximum Gasteiger partial charge on any atom is 0.223 e. The molecule has 0 saturated carbocycles. The number of ketones is 2.